The largest absolute Gasteiger partial charge is 0.481 e. The summed E-state index contributed by atoms with van der Waals surface area (Å²) in [6.45, 7) is 1.15. The van der Waals surface area contributed by atoms with Gasteiger partial charge in [-0.15, -0.1) is 0 Å². The Morgan fingerprint density at radius 3 is 2.00 bits per heavy atom. The molecule has 0 fully saturated rings. The smallest absolute Gasteiger partial charge is 0.303 e. The highest BCUT2D eigenvalue weighted by Crippen LogP contribution is 1.96. The molecule has 0 aromatic rings. The van der Waals surface area contributed by atoms with E-state index in [2.05, 4.69) is 0 Å². The molecule has 0 aromatic heterocycles. The van der Waals surface area contributed by atoms with E-state index in [0.717, 1.165) is 6.42 Å². The van der Waals surface area contributed by atoms with Gasteiger partial charge in [0.05, 0.1) is 6.61 Å². The maximum absolute atomic E-state index is 9.76. The molecule has 7 heteroatoms. The topological polar surface area (TPSA) is 135 Å². The Hall–Kier alpha value is -1.02. The fourth-order valence-electron chi connectivity index (χ4n) is 0.630. The van der Waals surface area contributed by atoms with Crippen LogP contribution in [0.15, 0.2) is 0 Å². The molecular weight excluding hydrogens is 220 g/mol. The minimum Gasteiger partial charge on any atom is -0.481 e. The molecule has 0 saturated heterocycles. The number of carbonyl (C=O) groups excluding carboxylic acids is 1. The number of hydrogen-bond acceptors (Lipinski definition) is 6. The monoisotopic (exact) mass is 238 g/mol. The second-order valence-corrected chi connectivity index (χ2v) is 3.01. The predicted octanol–water partition coefficient (Wildman–Crippen LogP) is -1.87. The van der Waals surface area contributed by atoms with Crippen LogP contribution in [0.5, 0.6) is 0 Å². The van der Waals surface area contributed by atoms with Gasteiger partial charge >= 0.3 is 5.97 Å². The summed E-state index contributed by atoms with van der Waals surface area (Å²) in [7, 11) is 0. The molecular formula is C9H18O7. The molecule has 0 aromatic carbocycles. The summed E-state index contributed by atoms with van der Waals surface area (Å²) in [4.78, 5) is 19.4. The molecule has 0 aliphatic heterocycles. The van der Waals surface area contributed by atoms with Crippen LogP contribution in [0.25, 0.3) is 0 Å². The van der Waals surface area contributed by atoms with Crippen molar-refractivity contribution in [2.75, 3.05) is 6.61 Å². The number of aliphatic hydroxyl groups is 4. The van der Waals surface area contributed by atoms with E-state index in [1.54, 1.807) is 0 Å². The molecule has 0 amide bonds. The number of carboxylic acid groups (broad SMARTS) is 1. The Labute approximate surface area is 93.0 Å². The third kappa shape index (κ3) is 9.53. The molecule has 5 N–H and O–H groups in total. The average molecular weight is 238 g/mol. The Balaban J connectivity index is 0. The number of aliphatic hydroxyl groups excluding tert-OH is 4. The van der Waals surface area contributed by atoms with Crippen LogP contribution in [0.3, 0.4) is 0 Å². The highest BCUT2D eigenvalue weighted by atomic mass is 16.4. The molecule has 16 heavy (non-hydrogen) atoms. The lowest BCUT2D eigenvalue weighted by molar-refractivity contribution is -0.137. The zero-order valence-electron chi connectivity index (χ0n) is 8.98. The van der Waals surface area contributed by atoms with Gasteiger partial charge < -0.3 is 30.3 Å². The molecule has 0 aliphatic carbocycles. The van der Waals surface area contributed by atoms with Crippen molar-refractivity contribution in [2.24, 2.45) is 0 Å². The van der Waals surface area contributed by atoms with Crippen LogP contribution in [-0.2, 0) is 9.59 Å². The van der Waals surface area contributed by atoms with Gasteiger partial charge in [0.25, 0.3) is 0 Å². The second kappa shape index (κ2) is 10.5. The van der Waals surface area contributed by atoms with E-state index >= 15 is 0 Å². The van der Waals surface area contributed by atoms with E-state index in [9.17, 15) is 9.59 Å². The van der Waals surface area contributed by atoms with Crippen molar-refractivity contribution in [3.05, 3.63) is 0 Å². The Morgan fingerprint density at radius 1 is 1.31 bits per heavy atom. The second-order valence-electron chi connectivity index (χ2n) is 3.01. The van der Waals surface area contributed by atoms with Crippen LogP contribution in [0, 0.1) is 0 Å². The van der Waals surface area contributed by atoms with Gasteiger partial charge in [-0.05, 0) is 6.42 Å². The predicted molar refractivity (Wildman–Crippen MR) is 53.7 cm³/mol. The van der Waals surface area contributed by atoms with Crippen molar-refractivity contribution < 1.29 is 35.1 Å². The summed E-state index contributed by atoms with van der Waals surface area (Å²) in [5.74, 6) is -0.711. The fraction of sp³-hybridized carbons (Fsp3) is 0.778. The zero-order chi connectivity index (χ0) is 13.1. The van der Waals surface area contributed by atoms with Gasteiger partial charge in [-0.25, -0.2) is 0 Å². The lowest BCUT2D eigenvalue weighted by Crippen LogP contribution is -2.40. The molecule has 0 unspecified atom stereocenters. The maximum Gasteiger partial charge on any atom is 0.303 e. The van der Waals surface area contributed by atoms with Crippen LogP contribution in [0.2, 0.25) is 0 Å². The van der Waals surface area contributed by atoms with Gasteiger partial charge in [-0.3, -0.25) is 4.79 Å². The van der Waals surface area contributed by atoms with Crippen molar-refractivity contribution in [3.63, 3.8) is 0 Å². The lowest BCUT2D eigenvalue weighted by Gasteiger charge is -2.16. The highest BCUT2D eigenvalue weighted by molar-refractivity contribution is 5.66. The number of hydrogen-bond donors (Lipinski definition) is 5. The zero-order valence-corrected chi connectivity index (χ0v) is 8.98. The molecule has 0 radical (unpaired) electrons. The molecule has 0 rings (SSSR count). The minimum atomic E-state index is -1.64. The minimum absolute atomic E-state index is 0.0869. The first-order valence-corrected chi connectivity index (χ1v) is 4.72. The van der Waals surface area contributed by atoms with Crippen LogP contribution in [0.1, 0.15) is 19.8 Å². The number of aliphatic carboxylic acids is 1. The van der Waals surface area contributed by atoms with E-state index < -0.39 is 30.9 Å². The quantitative estimate of drug-likeness (QED) is 0.342. The average Bonchev–Trinajstić information content (AvgIpc) is 2.26. The van der Waals surface area contributed by atoms with Gasteiger partial charge in [0.2, 0.25) is 0 Å². The van der Waals surface area contributed by atoms with Gasteiger partial charge in [0.1, 0.15) is 18.3 Å². The van der Waals surface area contributed by atoms with Gasteiger partial charge in [0, 0.05) is 6.42 Å². The number of rotatable bonds is 6. The first-order chi connectivity index (χ1) is 7.40. The van der Waals surface area contributed by atoms with Crippen LogP contribution >= 0.6 is 0 Å². The van der Waals surface area contributed by atoms with E-state index in [1.807, 2.05) is 6.92 Å². The lowest BCUT2D eigenvalue weighted by atomic mass is 10.1. The first kappa shape index (κ1) is 17.4. The number of aldehydes is 1. The molecule has 0 heterocycles. The first-order valence-electron chi connectivity index (χ1n) is 4.72. The summed E-state index contributed by atoms with van der Waals surface area (Å²) in [6, 6.07) is 0. The normalized spacial score (nSPS) is 15.3. The van der Waals surface area contributed by atoms with E-state index in [4.69, 9.17) is 25.5 Å². The summed E-state index contributed by atoms with van der Waals surface area (Å²) in [5.41, 5.74) is 0. The fourth-order valence-corrected chi connectivity index (χ4v) is 0.630. The third-order valence-corrected chi connectivity index (χ3v) is 1.53. The van der Waals surface area contributed by atoms with Crippen LogP contribution in [-0.4, -0.2) is 62.7 Å². The van der Waals surface area contributed by atoms with Crippen molar-refractivity contribution in [3.8, 4) is 0 Å². The highest BCUT2D eigenvalue weighted by Gasteiger charge is 2.22. The molecule has 0 spiro atoms. The summed E-state index contributed by atoms with van der Waals surface area (Å²) < 4.78 is 0. The molecule has 96 valence electrons. The molecule has 7 nitrogen and oxygen atoms in total. The Morgan fingerprint density at radius 2 is 1.81 bits per heavy atom. The van der Waals surface area contributed by atoms with E-state index in [1.165, 1.54) is 0 Å². The summed E-state index contributed by atoms with van der Waals surface area (Å²) in [5, 5.41) is 42.0. The summed E-state index contributed by atoms with van der Waals surface area (Å²) >= 11 is 0. The molecule has 0 saturated carbocycles. The van der Waals surface area contributed by atoms with Gasteiger partial charge in [-0.1, -0.05) is 6.92 Å². The number of carboxylic acids is 1. The summed E-state index contributed by atoms with van der Waals surface area (Å²) in [6.07, 6.45) is -3.61. The van der Waals surface area contributed by atoms with Gasteiger partial charge in [-0.2, -0.15) is 0 Å². The maximum atomic E-state index is 9.76. The third-order valence-electron chi connectivity index (χ3n) is 1.53. The van der Waals surface area contributed by atoms with Crippen molar-refractivity contribution in [1.82, 2.24) is 0 Å². The van der Waals surface area contributed by atoms with Gasteiger partial charge in [0.15, 0.2) is 6.29 Å². The van der Waals surface area contributed by atoms with Crippen molar-refractivity contribution in [1.29, 1.82) is 0 Å². The molecule has 0 bridgehead atoms. The van der Waals surface area contributed by atoms with Crippen LogP contribution in [0.4, 0.5) is 0 Å². The van der Waals surface area contributed by atoms with Crippen molar-refractivity contribution in [2.45, 2.75) is 38.1 Å². The number of carbonyl (C=O) groups is 2. The van der Waals surface area contributed by atoms with E-state index in [0.29, 0.717) is 6.42 Å². The standard InChI is InChI=1S/C5H10O5.C4H8O2/c6-1-3(8)5(10)4(9)2-7;1-2-3-4(5)6/h1,3-5,7-10H,2H2;2-3H2,1H3,(H,5,6)/t3-,4+,5+;/m0./s1. The Kier molecular flexibility index (Phi) is 11.4. The Bertz CT molecular complexity index is 194. The SMILES string of the molecule is CCCC(=O)O.O=C[C@H](O)[C@@H](O)[C@H](O)CO. The van der Waals surface area contributed by atoms with Crippen LogP contribution < -0.4 is 0 Å². The molecule has 0 aliphatic rings. The van der Waals surface area contributed by atoms with E-state index in [-0.39, 0.29) is 6.29 Å². The van der Waals surface area contributed by atoms with Crippen molar-refractivity contribution >= 4 is 12.3 Å². The molecule has 3 atom stereocenters.